The van der Waals surface area contributed by atoms with Gasteiger partial charge in [-0.3, -0.25) is 0 Å². The molecule has 0 saturated carbocycles. The van der Waals surface area contributed by atoms with Crippen LogP contribution in [0.5, 0.6) is 0 Å². The van der Waals surface area contributed by atoms with Gasteiger partial charge in [0, 0.05) is 31.4 Å². The van der Waals surface area contributed by atoms with Crippen molar-refractivity contribution in [3.05, 3.63) is 24.3 Å². The van der Waals surface area contributed by atoms with Crippen LogP contribution in [0.25, 0.3) is 0 Å². The van der Waals surface area contributed by atoms with Gasteiger partial charge in [0.2, 0.25) is 0 Å². The molecule has 0 bridgehead atoms. The molecule has 0 aliphatic rings. The van der Waals surface area contributed by atoms with Gasteiger partial charge in [0.15, 0.2) is 0 Å². The van der Waals surface area contributed by atoms with Crippen LogP contribution in [0.3, 0.4) is 0 Å². The topological polar surface area (TPSA) is 90.1 Å². The maximum absolute atomic E-state index is 11.5. The van der Waals surface area contributed by atoms with E-state index in [9.17, 15) is 4.79 Å². The van der Waals surface area contributed by atoms with Crippen LogP contribution in [0.4, 0.5) is 4.79 Å². The van der Waals surface area contributed by atoms with Gasteiger partial charge in [-0.1, -0.05) is 0 Å². The van der Waals surface area contributed by atoms with Gasteiger partial charge in [0.1, 0.15) is 11.4 Å². The molecule has 1 unspecified atom stereocenters. The van der Waals surface area contributed by atoms with E-state index >= 15 is 0 Å². The zero-order chi connectivity index (χ0) is 13.6. The Morgan fingerprint density at radius 2 is 2.06 bits per heavy atom. The zero-order valence-electron chi connectivity index (χ0n) is 11.0. The summed E-state index contributed by atoms with van der Waals surface area (Å²) in [5.74, 6) is 0.509. The van der Waals surface area contributed by atoms with E-state index < -0.39 is 11.7 Å². The Morgan fingerprint density at radius 1 is 1.44 bits per heavy atom. The summed E-state index contributed by atoms with van der Waals surface area (Å²) < 4.78 is 5.14. The number of carbonyl (C=O) groups excluding carboxylic acids is 1. The van der Waals surface area contributed by atoms with Crippen LogP contribution in [0.1, 0.15) is 32.5 Å². The van der Waals surface area contributed by atoms with Crippen molar-refractivity contribution in [2.24, 2.45) is 5.73 Å². The summed E-state index contributed by atoms with van der Waals surface area (Å²) in [5, 5.41) is 2.67. The summed E-state index contributed by atoms with van der Waals surface area (Å²) in [5.41, 5.74) is 5.14. The number of amides is 1. The lowest BCUT2D eigenvalue weighted by atomic mass is 10.1. The molecule has 6 nitrogen and oxygen atoms in total. The predicted octanol–water partition coefficient (Wildman–Crippen LogP) is 1.04. The highest BCUT2D eigenvalue weighted by Gasteiger charge is 2.18. The minimum Gasteiger partial charge on any atom is -0.444 e. The maximum Gasteiger partial charge on any atom is 0.407 e. The number of ether oxygens (including phenoxy) is 1. The minimum atomic E-state index is -0.508. The van der Waals surface area contributed by atoms with Crippen LogP contribution >= 0.6 is 0 Å². The van der Waals surface area contributed by atoms with Crippen LogP contribution in [0.15, 0.2) is 18.5 Å². The van der Waals surface area contributed by atoms with Crippen LogP contribution in [-0.2, 0) is 4.74 Å². The quantitative estimate of drug-likeness (QED) is 0.835. The van der Waals surface area contributed by atoms with Gasteiger partial charge < -0.3 is 15.8 Å². The predicted molar refractivity (Wildman–Crippen MR) is 68.1 cm³/mol. The molecule has 3 N–H and O–H groups in total. The molecule has 6 heteroatoms. The summed E-state index contributed by atoms with van der Waals surface area (Å²) in [6.07, 6.45) is 2.84. The number of hydrogen-bond donors (Lipinski definition) is 2. The van der Waals surface area contributed by atoms with Crippen molar-refractivity contribution in [3.8, 4) is 0 Å². The fourth-order valence-corrected chi connectivity index (χ4v) is 1.32. The average Bonchev–Trinajstić information content (AvgIpc) is 2.29. The van der Waals surface area contributed by atoms with Crippen molar-refractivity contribution in [2.75, 3.05) is 13.1 Å². The SMILES string of the molecule is CC(C)(C)OC(=O)NCC(CN)c1ncccn1. The van der Waals surface area contributed by atoms with Gasteiger partial charge in [0.05, 0.1) is 0 Å². The van der Waals surface area contributed by atoms with Crippen molar-refractivity contribution < 1.29 is 9.53 Å². The van der Waals surface area contributed by atoms with Crippen molar-refractivity contribution in [2.45, 2.75) is 32.3 Å². The first kappa shape index (κ1) is 14.4. The number of nitrogens with two attached hydrogens (primary N) is 1. The summed E-state index contributed by atoms with van der Waals surface area (Å²) in [4.78, 5) is 19.7. The normalized spacial score (nSPS) is 12.9. The Balaban J connectivity index is 2.48. The van der Waals surface area contributed by atoms with Gasteiger partial charge in [-0.25, -0.2) is 14.8 Å². The number of nitrogens with one attached hydrogen (secondary N) is 1. The molecule has 0 aromatic carbocycles. The first-order valence-corrected chi connectivity index (χ1v) is 5.86. The molecule has 1 heterocycles. The number of alkyl carbamates (subject to hydrolysis) is 1. The van der Waals surface area contributed by atoms with E-state index in [0.717, 1.165) is 0 Å². The monoisotopic (exact) mass is 252 g/mol. The first-order valence-electron chi connectivity index (χ1n) is 5.86. The Kier molecular flexibility index (Phi) is 5.03. The largest absolute Gasteiger partial charge is 0.444 e. The highest BCUT2D eigenvalue weighted by atomic mass is 16.6. The first-order chi connectivity index (χ1) is 8.42. The number of aromatic nitrogens is 2. The molecule has 0 aliphatic carbocycles. The molecular weight excluding hydrogens is 232 g/mol. The summed E-state index contributed by atoms with van der Waals surface area (Å²) in [7, 11) is 0. The van der Waals surface area contributed by atoms with Crippen molar-refractivity contribution in [1.82, 2.24) is 15.3 Å². The smallest absolute Gasteiger partial charge is 0.407 e. The fourth-order valence-electron chi connectivity index (χ4n) is 1.32. The third-order valence-corrected chi connectivity index (χ3v) is 2.13. The summed E-state index contributed by atoms with van der Waals surface area (Å²) >= 11 is 0. The highest BCUT2D eigenvalue weighted by molar-refractivity contribution is 5.67. The maximum atomic E-state index is 11.5. The second-order valence-electron chi connectivity index (χ2n) is 4.92. The van der Waals surface area contributed by atoms with Gasteiger partial charge in [0.25, 0.3) is 0 Å². The van der Waals surface area contributed by atoms with E-state index in [2.05, 4.69) is 15.3 Å². The van der Waals surface area contributed by atoms with E-state index in [1.165, 1.54) is 0 Å². The van der Waals surface area contributed by atoms with Crippen molar-refractivity contribution >= 4 is 6.09 Å². The third-order valence-electron chi connectivity index (χ3n) is 2.13. The molecule has 1 atom stereocenters. The molecule has 0 fully saturated rings. The number of carbonyl (C=O) groups is 1. The molecule has 0 spiro atoms. The molecule has 18 heavy (non-hydrogen) atoms. The third kappa shape index (κ3) is 5.09. The number of hydrogen-bond acceptors (Lipinski definition) is 5. The standard InChI is InChI=1S/C12H20N4O2/c1-12(2,3)18-11(17)16-8-9(7-13)10-14-5-4-6-15-10/h4-6,9H,7-8,13H2,1-3H3,(H,16,17). The van der Waals surface area contributed by atoms with Gasteiger partial charge in [-0.05, 0) is 26.8 Å². The minimum absolute atomic E-state index is 0.112. The molecule has 1 rings (SSSR count). The molecule has 0 radical (unpaired) electrons. The Bertz CT molecular complexity index is 375. The van der Waals surface area contributed by atoms with Crippen molar-refractivity contribution in [1.29, 1.82) is 0 Å². The Hall–Kier alpha value is -1.69. The molecule has 1 amide bonds. The van der Waals surface area contributed by atoms with E-state index in [1.54, 1.807) is 18.5 Å². The summed E-state index contributed by atoms with van der Waals surface area (Å²) in [6.45, 7) is 6.16. The van der Waals surface area contributed by atoms with Crippen LogP contribution in [0, 0.1) is 0 Å². The number of rotatable bonds is 4. The summed E-state index contributed by atoms with van der Waals surface area (Å²) in [6, 6.07) is 1.73. The highest BCUT2D eigenvalue weighted by Crippen LogP contribution is 2.09. The molecular formula is C12H20N4O2. The van der Waals surface area contributed by atoms with Gasteiger partial charge in [-0.15, -0.1) is 0 Å². The van der Waals surface area contributed by atoms with Crippen LogP contribution in [0.2, 0.25) is 0 Å². The van der Waals surface area contributed by atoms with E-state index in [-0.39, 0.29) is 5.92 Å². The average molecular weight is 252 g/mol. The Labute approximate surface area is 107 Å². The van der Waals surface area contributed by atoms with E-state index in [4.69, 9.17) is 10.5 Å². The lowest BCUT2D eigenvalue weighted by molar-refractivity contribution is 0.0524. The molecule has 1 aromatic heterocycles. The van der Waals surface area contributed by atoms with Gasteiger partial charge >= 0.3 is 6.09 Å². The second-order valence-corrected chi connectivity index (χ2v) is 4.92. The van der Waals surface area contributed by atoms with Gasteiger partial charge in [-0.2, -0.15) is 0 Å². The Morgan fingerprint density at radius 3 is 2.56 bits per heavy atom. The van der Waals surface area contributed by atoms with E-state index in [0.29, 0.717) is 18.9 Å². The molecule has 100 valence electrons. The lowest BCUT2D eigenvalue weighted by Gasteiger charge is -2.21. The van der Waals surface area contributed by atoms with Crippen molar-refractivity contribution in [3.63, 3.8) is 0 Å². The van der Waals surface area contributed by atoms with Crippen LogP contribution in [-0.4, -0.2) is 34.8 Å². The number of nitrogens with zero attached hydrogens (tertiary/aromatic N) is 2. The second kappa shape index (κ2) is 6.30. The fraction of sp³-hybridized carbons (Fsp3) is 0.583. The zero-order valence-corrected chi connectivity index (χ0v) is 11.0. The van der Waals surface area contributed by atoms with E-state index in [1.807, 2.05) is 20.8 Å². The lowest BCUT2D eigenvalue weighted by Crippen LogP contribution is -2.36. The molecule has 0 saturated heterocycles. The molecule has 1 aromatic rings. The molecule has 0 aliphatic heterocycles. The van der Waals surface area contributed by atoms with Crippen LogP contribution < -0.4 is 11.1 Å².